The number of hydrogen-bond acceptors (Lipinski definition) is 3. The van der Waals surface area contributed by atoms with Crippen molar-refractivity contribution >= 4 is 5.91 Å². The van der Waals surface area contributed by atoms with E-state index in [1.807, 2.05) is 12.1 Å². The van der Waals surface area contributed by atoms with Gasteiger partial charge >= 0.3 is 0 Å². The monoisotopic (exact) mass is 319 g/mol. The average Bonchev–Trinajstić information content (AvgIpc) is 2.53. The van der Waals surface area contributed by atoms with E-state index in [4.69, 9.17) is 0 Å². The summed E-state index contributed by atoms with van der Waals surface area (Å²) in [4.78, 5) is 13.6. The molecule has 0 unspecified atom stereocenters. The van der Waals surface area contributed by atoms with Gasteiger partial charge in [-0.2, -0.15) is 0 Å². The number of benzene rings is 1. The van der Waals surface area contributed by atoms with Gasteiger partial charge in [-0.3, -0.25) is 9.69 Å². The molecule has 2 aliphatic rings. The van der Waals surface area contributed by atoms with E-state index in [9.17, 15) is 9.18 Å². The predicted octanol–water partition coefficient (Wildman–Crippen LogP) is 1.87. The topological polar surface area (TPSA) is 44.4 Å². The molecule has 1 aliphatic carbocycles. The van der Waals surface area contributed by atoms with E-state index >= 15 is 0 Å². The minimum absolute atomic E-state index is 0.0709. The van der Waals surface area contributed by atoms with Crippen molar-refractivity contribution in [1.82, 2.24) is 15.5 Å². The van der Waals surface area contributed by atoms with Gasteiger partial charge in [0.15, 0.2) is 0 Å². The van der Waals surface area contributed by atoms with E-state index in [2.05, 4.69) is 15.5 Å². The molecule has 126 valence electrons. The Labute approximate surface area is 137 Å². The van der Waals surface area contributed by atoms with Crippen molar-refractivity contribution in [3.05, 3.63) is 35.6 Å². The van der Waals surface area contributed by atoms with E-state index < -0.39 is 0 Å². The molecule has 1 saturated carbocycles. The van der Waals surface area contributed by atoms with Gasteiger partial charge < -0.3 is 10.6 Å². The molecule has 2 N–H and O–H groups in total. The summed E-state index contributed by atoms with van der Waals surface area (Å²) in [6.07, 6.45) is 4.22. The van der Waals surface area contributed by atoms with Crippen molar-refractivity contribution < 1.29 is 9.18 Å². The van der Waals surface area contributed by atoms with Crippen LogP contribution >= 0.6 is 0 Å². The number of amides is 1. The summed E-state index contributed by atoms with van der Waals surface area (Å²) in [6.45, 7) is 2.44. The van der Waals surface area contributed by atoms with E-state index in [1.165, 1.54) is 0 Å². The van der Waals surface area contributed by atoms with Crippen LogP contribution in [0.5, 0.6) is 0 Å². The Morgan fingerprint density at radius 2 is 1.91 bits per heavy atom. The van der Waals surface area contributed by atoms with Crippen LogP contribution in [0.4, 0.5) is 4.39 Å². The van der Waals surface area contributed by atoms with E-state index in [1.54, 1.807) is 19.2 Å². The van der Waals surface area contributed by atoms with Crippen molar-refractivity contribution in [3.8, 4) is 0 Å². The zero-order valence-corrected chi connectivity index (χ0v) is 13.7. The summed E-state index contributed by atoms with van der Waals surface area (Å²) in [6, 6.07) is 8.17. The Bertz CT molecular complexity index is 537. The van der Waals surface area contributed by atoms with Gasteiger partial charge in [-0.05, 0) is 43.2 Å². The highest BCUT2D eigenvalue weighted by atomic mass is 19.1. The van der Waals surface area contributed by atoms with E-state index in [-0.39, 0.29) is 11.7 Å². The number of carbonyl (C=O) groups is 1. The zero-order valence-electron chi connectivity index (χ0n) is 13.7. The lowest BCUT2D eigenvalue weighted by Crippen LogP contribution is -2.51. The molecule has 5 heteroatoms. The van der Waals surface area contributed by atoms with Gasteiger partial charge in [-0.25, -0.2) is 4.39 Å². The molecule has 23 heavy (non-hydrogen) atoms. The Hall–Kier alpha value is -1.46. The molecular formula is C18H26FN3O. The lowest BCUT2D eigenvalue weighted by molar-refractivity contribution is -0.122. The third-order valence-electron chi connectivity index (χ3n) is 5.19. The van der Waals surface area contributed by atoms with Crippen LogP contribution in [0.15, 0.2) is 24.3 Å². The third-order valence-corrected chi connectivity index (χ3v) is 5.19. The molecule has 0 bridgehead atoms. The molecule has 1 heterocycles. The number of rotatable bonds is 5. The number of likely N-dealkylation sites (N-methyl/N-ethyl adjacent to an activating group) is 1. The quantitative estimate of drug-likeness (QED) is 0.871. The normalized spacial score (nSPS) is 25.8. The van der Waals surface area contributed by atoms with Crippen LogP contribution in [0, 0.1) is 5.82 Å². The highest BCUT2D eigenvalue weighted by Crippen LogP contribution is 2.38. The van der Waals surface area contributed by atoms with Gasteiger partial charge in [0.1, 0.15) is 5.82 Å². The van der Waals surface area contributed by atoms with Gasteiger partial charge in [0.05, 0.1) is 6.54 Å². The van der Waals surface area contributed by atoms with E-state index in [0.717, 1.165) is 44.3 Å². The van der Waals surface area contributed by atoms with Crippen LogP contribution in [-0.2, 0) is 4.79 Å². The minimum atomic E-state index is -0.0709. The summed E-state index contributed by atoms with van der Waals surface area (Å²) in [7, 11) is 1.68. The van der Waals surface area contributed by atoms with Crippen LogP contribution in [0.1, 0.15) is 37.2 Å². The summed E-state index contributed by atoms with van der Waals surface area (Å²) < 4.78 is 13.8. The summed E-state index contributed by atoms with van der Waals surface area (Å²) >= 11 is 0. The molecule has 0 spiro atoms. The standard InChI is InChI=1S/C18H26FN3O/c1-20-18(23)12-22-8-6-14(7-9-22)21-15-10-13(11-15)16-4-2-3-5-17(16)19/h2-5,13-15,21H,6-12H2,1H3,(H,20,23). The second-order valence-electron chi connectivity index (χ2n) is 6.78. The average molecular weight is 319 g/mol. The maximum Gasteiger partial charge on any atom is 0.233 e. The number of nitrogens with one attached hydrogen (secondary N) is 2. The molecule has 1 aromatic carbocycles. The molecule has 1 saturated heterocycles. The molecule has 4 nitrogen and oxygen atoms in total. The Kier molecular flexibility index (Phi) is 5.28. The fourth-order valence-corrected chi connectivity index (χ4v) is 3.69. The number of hydrogen-bond donors (Lipinski definition) is 2. The van der Waals surface area contributed by atoms with Crippen molar-refractivity contribution in [1.29, 1.82) is 0 Å². The van der Waals surface area contributed by atoms with Crippen molar-refractivity contribution in [2.45, 2.75) is 43.7 Å². The Balaban J connectivity index is 1.38. The maximum absolute atomic E-state index is 13.8. The summed E-state index contributed by atoms with van der Waals surface area (Å²) in [5.41, 5.74) is 0.867. The largest absolute Gasteiger partial charge is 0.358 e. The van der Waals surface area contributed by atoms with Gasteiger partial charge in [0, 0.05) is 32.2 Å². The van der Waals surface area contributed by atoms with Crippen LogP contribution in [0.25, 0.3) is 0 Å². The molecular weight excluding hydrogens is 293 g/mol. The van der Waals surface area contributed by atoms with Crippen LogP contribution in [0.2, 0.25) is 0 Å². The van der Waals surface area contributed by atoms with Gasteiger partial charge in [-0.1, -0.05) is 18.2 Å². The van der Waals surface area contributed by atoms with Gasteiger partial charge in [0.25, 0.3) is 0 Å². The SMILES string of the molecule is CNC(=O)CN1CCC(NC2CC(c3ccccc3F)C2)CC1. The van der Waals surface area contributed by atoms with E-state index in [0.29, 0.717) is 24.5 Å². The number of nitrogens with zero attached hydrogens (tertiary/aromatic N) is 1. The van der Waals surface area contributed by atoms with Gasteiger partial charge in [0.2, 0.25) is 5.91 Å². The third kappa shape index (κ3) is 4.09. The van der Waals surface area contributed by atoms with Crippen molar-refractivity contribution in [3.63, 3.8) is 0 Å². The first-order valence-electron chi connectivity index (χ1n) is 8.59. The summed E-state index contributed by atoms with van der Waals surface area (Å²) in [5.74, 6) is 0.378. The van der Waals surface area contributed by atoms with Crippen LogP contribution < -0.4 is 10.6 Å². The zero-order chi connectivity index (χ0) is 16.2. The Morgan fingerprint density at radius 3 is 2.57 bits per heavy atom. The molecule has 0 atom stereocenters. The minimum Gasteiger partial charge on any atom is -0.358 e. The van der Waals surface area contributed by atoms with Gasteiger partial charge in [-0.15, -0.1) is 0 Å². The molecule has 1 aromatic rings. The second kappa shape index (κ2) is 7.41. The molecule has 0 radical (unpaired) electrons. The molecule has 0 aromatic heterocycles. The van der Waals surface area contributed by atoms with Crippen molar-refractivity contribution in [2.75, 3.05) is 26.7 Å². The smallest absolute Gasteiger partial charge is 0.233 e. The van der Waals surface area contributed by atoms with Crippen molar-refractivity contribution in [2.24, 2.45) is 0 Å². The predicted molar refractivity (Wildman–Crippen MR) is 88.8 cm³/mol. The second-order valence-corrected chi connectivity index (χ2v) is 6.78. The molecule has 1 amide bonds. The first-order valence-corrected chi connectivity index (χ1v) is 8.59. The molecule has 3 rings (SSSR count). The highest BCUT2D eigenvalue weighted by molar-refractivity contribution is 5.77. The number of carbonyl (C=O) groups excluding carboxylic acids is 1. The van der Waals surface area contributed by atoms with Crippen LogP contribution in [0.3, 0.4) is 0 Å². The lowest BCUT2D eigenvalue weighted by atomic mass is 9.75. The number of halogens is 1. The molecule has 1 aliphatic heterocycles. The fourth-order valence-electron chi connectivity index (χ4n) is 3.69. The first-order chi connectivity index (χ1) is 11.2. The number of piperidine rings is 1. The maximum atomic E-state index is 13.8. The van der Waals surface area contributed by atoms with Crippen LogP contribution in [-0.4, -0.2) is 49.6 Å². The Morgan fingerprint density at radius 1 is 1.22 bits per heavy atom. The lowest BCUT2D eigenvalue weighted by Gasteiger charge is -2.41. The molecule has 2 fully saturated rings. The number of likely N-dealkylation sites (tertiary alicyclic amines) is 1. The fraction of sp³-hybridized carbons (Fsp3) is 0.611. The first kappa shape index (κ1) is 16.4. The summed E-state index contributed by atoms with van der Waals surface area (Å²) in [5, 5.41) is 6.38. The highest BCUT2D eigenvalue weighted by Gasteiger charge is 2.33.